The molecular weight excluding hydrogens is 883 g/mol. The SMILES string of the molecule is [C-]#[N+]c1ccc(C(=O)Nc2ccc(F)c([C@]34COC(C(C)(F)F)[C@H]3CSC(C)=N4)c2)nc1.[C-]#[N+]c1ccc(C(=O)Nc2ccc(F)c([C@]34CO[C@H](C(C)(F)F)[C@H]3CSC(C)=N4)c2)nc1. The number of alkyl halides is 4. The lowest BCUT2D eigenvalue weighted by atomic mass is 9.77. The zero-order valence-corrected chi connectivity index (χ0v) is 36.1. The maximum absolute atomic E-state index is 15.0. The van der Waals surface area contributed by atoms with Crippen LogP contribution in [0.2, 0.25) is 0 Å². The summed E-state index contributed by atoms with van der Waals surface area (Å²) in [7, 11) is 0. The van der Waals surface area contributed by atoms with Gasteiger partial charge in [0.2, 0.25) is 11.4 Å². The topological polar surface area (TPSA) is 136 Å². The van der Waals surface area contributed by atoms with E-state index in [0.29, 0.717) is 33.0 Å². The van der Waals surface area contributed by atoms with Crippen LogP contribution >= 0.6 is 23.5 Å². The van der Waals surface area contributed by atoms with Crippen molar-refractivity contribution < 1.29 is 45.4 Å². The summed E-state index contributed by atoms with van der Waals surface area (Å²) in [5.41, 5.74) is -1.12. The monoisotopic (exact) mass is 920 g/mol. The Morgan fingerprint density at radius 3 is 1.41 bits per heavy atom. The first-order chi connectivity index (χ1) is 30.3. The molecule has 4 aromatic rings. The standard InChI is InChI=1S/2C22H19F3N4O2S/c2*1-12-29-22(11-31-19(21(2,24)25)16(22)10-32-12)15-8-13(4-6-17(15)23)28-20(30)18-7-5-14(26-3)9-27-18/h2*4-9,16,19H,10-11H2,1-2H3,(H,28,30)/t16-,19?,22-;16-,19+,22-/m11/s1. The number of halogens is 6. The largest absolute Gasteiger partial charge is 0.369 e. The summed E-state index contributed by atoms with van der Waals surface area (Å²) >= 11 is 2.69. The van der Waals surface area contributed by atoms with Gasteiger partial charge in [-0.1, -0.05) is 12.1 Å². The first-order valence-corrected chi connectivity index (χ1v) is 21.5. The molecule has 4 aliphatic rings. The van der Waals surface area contributed by atoms with Crippen molar-refractivity contribution in [2.24, 2.45) is 21.8 Å². The quantitative estimate of drug-likeness (QED) is 0.132. The Morgan fingerprint density at radius 1 is 0.688 bits per heavy atom. The van der Waals surface area contributed by atoms with Gasteiger partial charge in [0.25, 0.3) is 23.7 Å². The van der Waals surface area contributed by atoms with E-state index in [2.05, 4.69) is 40.3 Å². The Kier molecular flexibility index (Phi) is 13.0. The summed E-state index contributed by atoms with van der Waals surface area (Å²) in [4.78, 5) is 48.6. The third-order valence-electron chi connectivity index (χ3n) is 11.2. The molecule has 64 heavy (non-hydrogen) atoms. The molecule has 20 heteroatoms. The first-order valence-electron chi connectivity index (χ1n) is 19.5. The highest BCUT2D eigenvalue weighted by atomic mass is 32.2. The van der Waals surface area contributed by atoms with Crippen LogP contribution in [0.3, 0.4) is 0 Å². The molecule has 2 amide bonds. The molecule has 332 valence electrons. The molecule has 0 spiro atoms. The summed E-state index contributed by atoms with van der Waals surface area (Å²) in [5.74, 6) is -9.38. The maximum Gasteiger partial charge on any atom is 0.274 e. The number of anilines is 2. The molecule has 12 nitrogen and oxygen atoms in total. The normalized spacial score (nSPS) is 24.9. The second-order valence-corrected chi connectivity index (χ2v) is 18.1. The van der Waals surface area contributed by atoms with Crippen LogP contribution in [0.1, 0.15) is 59.8 Å². The molecule has 4 aliphatic heterocycles. The molecule has 2 aromatic heterocycles. The molecule has 0 radical (unpaired) electrons. The predicted octanol–water partition coefficient (Wildman–Crippen LogP) is 10.1. The van der Waals surface area contributed by atoms with E-state index in [1.807, 2.05) is 0 Å². The number of carbonyl (C=O) groups is 2. The summed E-state index contributed by atoms with van der Waals surface area (Å²) in [5, 5.41) is 6.60. The Labute approximate surface area is 372 Å². The number of benzene rings is 2. The zero-order chi connectivity index (χ0) is 46.2. The third-order valence-corrected chi connectivity index (χ3v) is 13.3. The lowest BCUT2D eigenvalue weighted by molar-refractivity contribution is -0.113. The second-order valence-electron chi connectivity index (χ2n) is 15.6. The molecule has 2 saturated heterocycles. The van der Waals surface area contributed by atoms with Crippen molar-refractivity contribution in [2.45, 2.75) is 62.8 Å². The van der Waals surface area contributed by atoms with Gasteiger partial charge in [0.15, 0.2) is 0 Å². The molecule has 2 aromatic carbocycles. The molecule has 2 fully saturated rings. The van der Waals surface area contributed by atoms with Crippen LogP contribution in [0.25, 0.3) is 9.69 Å². The zero-order valence-electron chi connectivity index (χ0n) is 34.5. The van der Waals surface area contributed by atoms with Crippen LogP contribution in [0.5, 0.6) is 0 Å². The van der Waals surface area contributed by atoms with Crippen molar-refractivity contribution in [3.05, 3.63) is 130 Å². The van der Waals surface area contributed by atoms with E-state index >= 15 is 8.78 Å². The van der Waals surface area contributed by atoms with Crippen LogP contribution in [0, 0.1) is 36.6 Å². The van der Waals surface area contributed by atoms with Crippen molar-refractivity contribution in [3.8, 4) is 0 Å². The van der Waals surface area contributed by atoms with Crippen molar-refractivity contribution in [1.29, 1.82) is 0 Å². The predicted molar refractivity (Wildman–Crippen MR) is 232 cm³/mol. The smallest absolute Gasteiger partial charge is 0.274 e. The van der Waals surface area contributed by atoms with E-state index in [1.165, 1.54) is 96.6 Å². The lowest BCUT2D eigenvalue weighted by Gasteiger charge is -2.37. The van der Waals surface area contributed by atoms with Crippen LogP contribution in [-0.2, 0) is 20.6 Å². The highest BCUT2D eigenvalue weighted by molar-refractivity contribution is 8.14. The fourth-order valence-electron chi connectivity index (χ4n) is 8.22. The van der Waals surface area contributed by atoms with E-state index < -0.39 is 70.4 Å². The Bertz CT molecular complexity index is 2430. The number of ether oxygens (including phenoxy) is 2. The molecule has 0 saturated carbocycles. The Hall–Kier alpha value is -5.80. The van der Waals surface area contributed by atoms with Gasteiger partial charge in [-0.2, -0.15) is 0 Å². The highest BCUT2D eigenvalue weighted by Gasteiger charge is 2.61. The van der Waals surface area contributed by atoms with E-state index in [-0.39, 0.29) is 47.1 Å². The fraction of sp³-hybridized carbons (Fsp3) is 0.364. The van der Waals surface area contributed by atoms with E-state index in [9.17, 15) is 27.2 Å². The minimum absolute atomic E-state index is 0.0807. The number of rotatable bonds is 8. The van der Waals surface area contributed by atoms with Crippen LogP contribution in [0.15, 0.2) is 83.0 Å². The number of fused-ring (bicyclic) bond motifs is 2. The maximum atomic E-state index is 15.0. The van der Waals surface area contributed by atoms with E-state index in [4.69, 9.17) is 22.6 Å². The van der Waals surface area contributed by atoms with Gasteiger partial charge >= 0.3 is 0 Å². The molecule has 2 N–H and O–H groups in total. The summed E-state index contributed by atoms with van der Waals surface area (Å²) in [6, 6.07) is 13.7. The van der Waals surface area contributed by atoms with Gasteiger partial charge in [-0.25, -0.2) is 36.0 Å². The molecule has 0 bridgehead atoms. The molecule has 0 aliphatic carbocycles. The van der Waals surface area contributed by atoms with E-state index in [1.54, 1.807) is 13.8 Å². The Morgan fingerprint density at radius 2 is 1.08 bits per heavy atom. The summed E-state index contributed by atoms with van der Waals surface area (Å²) in [6.45, 7) is 18.6. The van der Waals surface area contributed by atoms with Gasteiger partial charge in [0.1, 0.15) is 46.3 Å². The number of aliphatic imine (C=N–C) groups is 2. The molecule has 6 atom stereocenters. The van der Waals surface area contributed by atoms with Crippen LogP contribution < -0.4 is 10.6 Å². The van der Waals surface area contributed by atoms with Crippen LogP contribution in [-0.4, -0.2) is 80.6 Å². The second kappa shape index (κ2) is 18.0. The Balaban J connectivity index is 0.000000191. The van der Waals surface area contributed by atoms with Gasteiger partial charge in [-0.3, -0.25) is 29.5 Å². The van der Waals surface area contributed by atoms with Gasteiger partial charge in [0, 0.05) is 72.1 Å². The summed E-state index contributed by atoms with van der Waals surface area (Å²) in [6.07, 6.45) is -0.233. The number of nitrogens with one attached hydrogen (secondary N) is 2. The molecular formula is C44H38F6N8O4S2. The van der Waals surface area contributed by atoms with Crippen molar-refractivity contribution in [1.82, 2.24) is 9.97 Å². The molecule has 1 unspecified atom stereocenters. The molecule has 6 heterocycles. The number of thioether (sulfide) groups is 2. The molecule has 8 rings (SSSR count). The average Bonchev–Trinajstić information content (AvgIpc) is 3.85. The number of pyridine rings is 2. The van der Waals surface area contributed by atoms with Gasteiger partial charge in [0.05, 0.1) is 36.4 Å². The third kappa shape index (κ3) is 9.23. The van der Waals surface area contributed by atoms with Crippen molar-refractivity contribution in [2.75, 3.05) is 35.4 Å². The minimum atomic E-state index is -3.11. The average molecular weight is 921 g/mol. The minimum Gasteiger partial charge on any atom is -0.369 e. The first kappa shape index (κ1) is 46.2. The lowest BCUT2D eigenvalue weighted by Crippen LogP contribution is -2.45. The highest BCUT2D eigenvalue weighted by Crippen LogP contribution is 2.53. The number of hydrogen-bond acceptors (Lipinski definition) is 10. The number of carbonyl (C=O) groups excluding carboxylic acids is 2. The number of aromatic nitrogens is 2. The van der Waals surface area contributed by atoms with Crippen molar-refractivity contribution >= 4 is 68.2 Å². The number of nitrogens with zero attached hydrogens (tertiary/aromatic N) is 6. The van der Waals surface area contributed by atoms with Crippen molar-refractivity contribution in [3.63, 3.8) is 0 Å². The van der Waals surface area contributed by atoms with E-state index in [0.717, 1.165) is 13.8 Å². The summed E-state index contributed by atoms with van der Waals surface area (Å²) < 4.78 is 97.8. The van der Waals surface area contributed by atoms with Gasteiger partial charge in [-0.15, -0.1) is 23.5 Å². The van der Waals surface area contributed by atoms with Gasteiger partial charge < -0.3 is 20.1 Å². The van der Waals surface area contributed by atoms with Gasteiger partial charge in [-0.05, 0) is 62.4 Å². The number of hydrogen-bond donors (Lipinski definition) is 2. The van der Waals surface area contributed by atoms with Crippen LogP contribution in [0.4, 0.5) is 49.1 Å². The number of amides is 2. The fourth-order valence-corrected chi connectivity index (χ4v) is 10.4.